The van der Waals surface area contributed by atoms with Gasteiger partial charge in [0.2, 0.25) is 5.91 Å². The molecule has 0 aliphatic carbocycles. The van der Waals surface area contributed by atoms with Crippen LogP contribution in [0.15, 0.2) is 0 Å². The van der Waals surface area contributed by atoms with Gasteiger partial charge in [-0.1, -0.05) is 20.3 Å². The summed E-state index contributed by atoms with van der Waals surface area (Å²) in [5.41, 5.74) is 0. The molecule has 2 unspecified atom stereocenters. The highest BCUT2D eigenvalue weighted by molar-refractivity contribution is 5.78. The van der Waals surface area contributed by atoms with Crippen LogP contribution in [-0.2, 0) is 4.79 Å². The molecular weight excluding hydrogens is 212 g/mol. The zero-order valence-electron chi connectivity index (χ0n) is 11.7. The molecule has 0 bridgehead atoms. The monoisotopic (exact) mass is 240 g/mol. The summed E-state index contributed by atoms with van der Waals surface area (Å²) in [6, 6.07) is 0.578. The molecule has 0 radical (unpaired) electrons. The Balaban J connectivity index is 2.12. The van der Waals surface area contributed by atoms with Crippen LogP contribution in [-0.4, -0.2) is 36.5 Å². The molecule has 0 aromatic carbocycles. The summed E-state index contributed by atoms with van der Waals surface area (Å²) in [7, 11) is 0. The third kappa shape index (κ3) is 5.07. The van der Waals surface area contributed by atoms with Gasteiger partial charge in [-0.2, -0.15) is 0 Å². The van der Waals surface area contributed by atoms with Crippen molar-refractivity contribution in [1.29, 1.82) is 0 Å². The molecule has 1 aliphatic rings. The number of hydrogen-bond donors (Lipinski definition) is 1. The second-order valence-electron chi connectivity index (χ2n) is 5.32. The topological polar surface area (TPSA) is 32.3 Å². The van der Waals surface area contributed by atoms with Crippen LogP contribution in [0.4, 0.5) is 0 Å². The Labute approximate surface area is 106 Å². The minimum Gasteiger partial charge on any atom is -0.342 e. The van der Waals surface area contributed by atoms with Gasteiger partial charge in [0, 0.05) is 25.6 Å². The van der Waals surface area contributed by atoms with Gasteiger partial charge in [-0.15, -0.1) is 0 Å². The maximum Gasteiger partial charge on any atom is 0.222 e. The Morgan fingerprint density at radius 1 is 1.47 bits per heavy atom. The summed E-state index contributed by atoms with van der Waals surface area (Å²) >= 11 is 0. The van der Waals surface area contributed by atoms with E-state index in [1.165, 1.54) is 12.8 Å². The van der Waals surface area contributed by atoms with Crippen LogP contribution in [0.25, 0.3) is 0 Å². The average molecular weight is 240 g/mol. The van der Waals surface area contributed by atoms with Gasteiger partial charge in [0.15, 0.2) is 0 Å². The van der Waals surface area contributed by atoms with Crippen LogP contribution in [0.3, 0.4) is 0 Å². The summed E-state index contributed by atoms with van der Waals surface area (Å²) in [5.74, 6) is 0.976. The van der Waals surface area contributed by atoms with E-state index in [-0.39, 0.29) is 0 Å². The number of hydrogen-bond acceptors (Lipinski definition) is 2. The lowest BCUT2D eigenvalue weighted by Crippen LogP contribution is -2.30. The number of nitrogens with one attached hydrogen (secondary N) is 1. The van der Waals surface area contributed by atoms with E-state index in [1.807, 2.05) is 0 Å². The van der Waals surface area contributed by atoms with E-state index in [2.05, 4.69) is 31.0 Å². The van der Waals surface area contributed by atoms with Crippen molar-refractivity contribution in [3.05, 3.63) is 0 Å². The first-order chi connectivity index (χ1) is 8.17. The van der Waals surface area contributed by atoms with Crippen molar-refractivity contribution >= 4 is 5.91 Å². The van der Waals surface area contributed by atoms with Gasteiger partial charge < -0.3 is 10.2 Å². The molecule has 1 fully saturated rings. The molecular formula is C14H28N2O. The zero-order valence-corrected chi connectivity index (χ0v) is 11.7. The number of rotatable bonds is 8. The van der Waals surface area contributed by atoms with Crippen LogP contribution >= 0.6 is 0 Å². The maximum atomic E-state index is 11.7. The largest absolute Gasteiger partial charge is 0.342 e. The maximum absolute atomic E-state index is 11.7. The van der Waals surface area contributed by atoms with Crippen LogP contribution in [0.2, 0.25) is 0 Å². The fourth-order valence-corrected chi connectivity index (χ4v) is 2.42. The third-order valence-electron chi connectivity index (χ3n) is 3.68. The van der Waals surface area contributed by atoms with Gasteiger partial charge in [-0.05, 0) is 38.6 Å². The van der Waals surface area contributed by atoms with E-state index in [0.717, 1.165) is 38.9 Å². The lowest BCUT2D eigenvalue weighted by Gasteiger charge is -2.18. The number of amides is 1. The highest BCUT2D eigenvalue weighted by Gasteiger charge is 2.27. The number of carbonyl (C=O) groups excluding carboxylic acids is 1. The minimum atomic E-state index is 0.367. The first-order valence-electron chi connectivity index (χ1n) is 7.18. The van der Waals surface area contributed by atoms with Gasteiger partial charge in [0.25, 0.3) is 0 Å². The van der Waals surface area contributed by atoms with Crippen molar-refractivity contribution in [3.63, 3.8) is 0 Å². The molecule has 3 nitrogen and oxygen atoms in total. The molecule has 100 valence electrons. The van der Waals surface area contributed by atoms with Gasteiger partial charge in [-0.3, -0.25) is 4.79 Å². The number of likely N-dealkylation sites (tertiary alicyclic amines) is 1. The van der Waals surface area contributed by atoms with Gasteiger partial charge >= 0.3 is 0 Å². The Bertz CT molecular complexity index is 230. The molecule has 0 aromatic heterocycles. The normalized spacial score (nSPS) is 22.2. The molecule has 0 saturated carbocycles. The summed E-state index contributed by atoms with van der Waals surface area (Å²) < 4.78 is 0. The van der Waals surface area contributed by atoms with Crippen molar-refractivity contribution < 1.29 is 4.79 Å². The first-order valence-corrected chi connectivity index (χ1v) is 7.18. The SMILES string of the molecule is CCCNC(C)CCCN1CC(CC)CC1=O. The van der Waals surface area contributed by atoms with Crippen LogP contribution < -0.4 is 5.32 Å². The summed E-state index contributed by atoms with van der Waals surface area (Å²) in [4.78, 5) is 13.8. The zero-order chi connectivity index (χ0) is 12.7. The van der Waals surface area contributed by atoms with Crippen molar-refractivity contribution in [1.82, 2.24) is 10.2 Å². The van der Waals surface area contributed by atoms with Gasteiger partial charge in [-0.25, -0.2) is 0 Å². The van der Waals surface area contributed by atoms with Gasteiger partial charge in [0.05, 0.1) is 0 Å². The molecule has 1 heterocycles. The lowest BCUT2D eigenvalue weighted by atomic mass is 10.1. The molecule has 2 atom stereocenters. The van der Waals surface area contributed by atoms with Gasteiger partial charge in [0.1, 0.15) is 0 Å². The van der Waals surface area contributed by atoms with Crippen LogP contribution in [0, 0.1) is 5.92 Å². The number of carbonyl (C=O) groups is 1. The Hall–Kier alpha value is -0.570. The molecule has 0 spiro atoms. The van der Waals surface area contributed by atoms with E-state index in [0.29, 0.717) is 17.9 Å². The molecule has 3 heteroatoms. The van der Waals surface area contributed by atoms with Crippen LogP contribution in [0.5, 0.6) is 0 Å². The van der Waals surface area contributed by atoms with E-state index in [9.17, 15) is 4.79 Å². The molecule has 1 N–H and O–H groups in total. The minimum absolute atomic E-state index is 0.367. The first kappa shape index (κ1) is 14.5. The van der Waals surface area contributed by atoms with Crippen molar-refractivity contribution in [2.75, 3.05) is 19.6 Å². The Morgan fingerprint density at radius 3 is 2.82 bits per heavy atom. The molecule has 0 aromatic rings. The fourth-order valence-electron chi connectivity index (χ4n) is 2.42. The Kier molecular flexibility index (Phi) is 6.56. The second kappa shape index (κ2) is 7.70. The van der Waals surface area contributed by atoms with E-state index in [1.54, 1.807) is 0 Å². The molecule has 17 heavy (non-hydrogen) atoms. The third-order valence-corrected chi connectivity index (χ3v) is 3.68. The Morgan fingerprint density at radius 2 is 2.24 bits per heavy atom. The predicted octanol–water partition coefficient (Wildman–Crippen LogP) is 2.41. The van der Waals surface area contributed by atoms with E-state index in [4.69, 9.17) is 0 Å². The summed E-state index contributed by atoms with van der Waals surface area (Å²) in [5, 5.41) is 3.49. The molecule has 1 saturated heterocycles. The van der Waals surface area contributed by atoms with Crippen molar-refractivity contribution in [2.24, 2.45) is 5.92 Å². The molecule has 1 aliphatic heterocycles. The highest BCUT2D eigenvalue weighted by Crippen LogP contribution is 2.20. The highest BCUT2D eigenvalue weighted by atomic mass is 16.2. The van der Waals surface area contributed by atoms with E-state index < -0.39 is 0 Å². The smallest absolute Gasteiger partial charge is 0.222 e. The fraction of sp³-hybridized carbons (Fsp3) is 0.929. The summed E-state index contributed by atoms with van der Waals surface area (Å²) in [6.45, 7) is 9.64. The molecule has 1 rings (SSSR count). The standard InChI is InChI=1S/C14H28N2O/c1-4-8-15-12(3)7-6-9-16-11-13(5-2)10-14(16)17/h12-13,15H,4-11H2,1-3H3. The van der Waals surface area contributed by atoms with Crippen molar-refractivity contribution in [2.45, 2.75) is 58.9 Å². The second-order valence-corrected chi connectivity index (χ2v) is 5.32. The van der Waals surface area contributed by atoms with Crippen molar-refractivity contribution in [3.8, 4) is 0 Å². The van der Waals surface area contributed by atoms with E-state index >= 15 is 0 Å². The number of nitrogens with zero attached hydrogens (tertiary/aromatic N) is 1. The predicted molar refractivity (Wildman–Crippen MR) is 72.0 cm³/mol. The average Bonchev–Trinajstić information content (AvgIpc) is 2.68. The quantitative estimate of drug-likeness (QED) is 0.706. The molecule has 1 amide bonds. The lowest BCUT2D eigenvalue weighted by molar-refractivity contribution is -0.127. The van der Waals surface area contributed by atoms with Crippen LogP contribution in [0.1, 0.15) is 52.9 Å². The summed E-state index contributed by atoms with van der Waals surface area (Å²) in [6.07, 6.45) is 5.39.